The molecule has 0 amide bonds. The average molecular weight is 207 g/mol. The van der Waals surface area contributed by atoms with Crippen molar-refractivity contribution in [1.82, 2.24) is 9.97 Å². The molecule has 3 aromatic rings. The fraction of sp³-hybridized carbons (Fsp3) is 0. The number of fused-ring (bicyclic) bond motifs is 3. The molecule has 0 unspecified atom stereocenters. The van der Waals surface area contributed by atoms with E-state index in [0.29, 0.717) is 5.69 Å². The van der Waals surface area contributed by atoms with E-state index in [2.05, 4.69) is 14.9 Å². The fourth-order valence-corrected chi connectivity index (χ4v) is 1.84. The number of rotatable bonds is 0. The van der Waals surface area contributed by atoms with Gasteiger partial charge in [0.1, 0.15) is 5.52 Å². The molecule has 74 valence electrons. The maximum atomic E-state index is 8.97. The molecule has 16 heavy (non-hydrogen) atoms. The van der Waals surface area contributed by atoms with Crippen molar-refractivity contribution in [2.45, 2.75) is 0 Å². The summed E-state index contributed by atoms with van der Waals surface area (Å²) in [4.78, 5) is 11.9. The Kier molecular flexibility index (Phi) is 1.77. The minimum absolute atomic E-state index is 0.517. The van der Waals surface area contributed by atoms with Gasteiger partial charge >= 0.3 is 5.69 Å². The van der Waals surface area contributed by atoms with Crippen molar-refractivity contribution >= 4 is 27.5 Å². The highest BCUT2D eigenvalue weighted by Gasteiger charge is 2.15. The lowest BCUT2D eigenvalue weighted by atomic mass is 10.1. The van der Waals surface area contributed by atoms with Gasteiger partial charge in [-0.15, -0.1) is 0 Å². The molecule has 0 atom stereocenters. The Morgan fingerprint density at radius 2 is 1.75 bits per heavy atom. The third kappa shape index (κ3) is 1.12. The summed E-state index contributed by atoms with van der Waals surface area (Å²) in [5.74, 6) is 0. The van der Waals surface area contributed by atoms with Crippen LogP contribution in [0.5, 0.6) is 0 Å². The first-order valence-electron chi connectivity index (χ1n) is 4.88. The number of diazo groups is 1. The first-order chi connectivity index (χ1) is 7.90. The van der Waals surface area contributed by atoms with Gasteiger partial charge < -0.3 is 0 Å². The highest BCUT2D eigenvalue weighted by atomic mass is 14.9. The van der Waals surface area contributed by atoms with E-state index in [4.69, 9.17) is 5.39 Å². The molecule has 2 aromatic heterocycles. The fourth-order valence-electron chi connectivity index (χ4n) is 1.84. The van der Waals surface area contributed by atoms with E-state index < -0.39 is 0 Å². The van der Waals surface area contributed by atoms with E-state index in [0.717, 1.165) is 21.8 Å². The third-order valence-electron chi connectivity index (χ3n) is 2.55. The van der Waals surface area contributed by atoms with Crippen LogP contribution in [0.4, 0.5) is 5.69 Å². The van der Waals surface area contributed by atoms with E-state index in [-0.39, 0.29) is 0 Å². The molecule has 4 heteroatoms. The molecule has 0 saturated carbocycles. The van der Waals surface area contributed by atoms with Gasteiger partial charge in [0.2, 0.25) is 5.39 Å². The van der Waals surface area contributed by atoms with Crippen molar-refractivity contribution in [2.75, 3.05) is 0 Å². The first-order valence-corrected chi connectivity index (χ1v) is 4.88. The van der Waals surface area contributed by atoms with Crippen LogP contribution in [0, 0.1) is 5.39 Å². The van der Waals surface area contributed by atoms with Crippen molar-refractivity contribution in [2.24, 2.45) is 0 Å². The Bertz CT molecular complexity index is 728. The second-order valence-corrected chi connectivity index (χ2v) is 3.47. The summed E-state index contributed by atoms with van der Waals surface area (Å²) >= 11 is 0. The zero-order valence-corrected chi connectivity index (χ0v) is 8.33. The van der Waals surface area contributed by atoms with Gasteiger partial charge in [0.05, 0.1) is 10.9 Å². The Hall–Kier alpha value is -2.54. The van der Waals surface area contributed by atoms with Gasteiger partial charge in [-0.2, -0.15) is 0 Å². The smallest absolute Gasteiger partial charge is 0.254 e. The second kappa shape index (κ2) is 3.24. The topological polar surface area (TPSA) is 53.9 Å². The molecule has 3 rings (SSSR count). The number of hydrogen-bond acceptors (Lipinski definition) is 3. The van der Waals surface area contributed by atoms with E-state index in [1.54, 1.807) is 18.5 Å². The zero-order chi connectivity index (χ0) is 11.0. The van der Waals surface area contributed by atoms with Crippen LogP contribution in [-0.2, 0) is 0 Å². The molecule has 0 radical (unpaired) electrons. The average Bonchev–Trinajstić information content (AvgIpc) is 2.38. The van der Waals surface area contributed by atoms with Crippen LogP contribution in [0.2, 0.25) is 0 Å². The van der Waals surface area contributed by atoms with Crippen molar-refractivity contribution in [3.8, 4) is 0 Å². The molecule has 0 aliphatic carbocycles. The molecular formula is C12H7N4+. The van der Waals surface area contributed by atoms with Gasteiger partial charge in [0.15, 0.2) is 4.98 Å². The van der Waals surface area contributed by atoms with Crippen LogP contribution in [0.15, 0.2) is 42.7 Å². The molecule has 0 saturated heterocycles. The van der Waals surface area contributed by atoms with Crippen molar-refractivity contribution < 1.29 is 0 Å². The van der Waals surface area contributed by atoms with Crippen LogP contribution in [0.25, 0.3) is 26.8 Å². The lowest BCUT2D eigenvalue weighted by molar-refractivity contribution is 1.37. The van der Waals surface area contributed by atoms with E-state index in [1.807, 2.05) is 24.3 Å². The molecule has 0 fully saturated rings. The summed E-state index contributed by atoms with van der Waals surface area (Å²) in [7, 11) is 0. The summed E-state index contributed by atoms with van der Waals surface area (Å²) in [6.07, 6.45) is 3.43. The van der Waals surface area contributed by atoms with Crippen molar-refractivity contribution in [3.05, 3.63) is 47.7 Å². The highest BCUT2D eigenvalue weighted by Crippen LogP contribution is 2.30. The number of hydrogen-bond donors (Lipinski definition) is 0. The Morgan fingerprint density at radius 3 is 2.56 bits per heavy atom. The minimum atomic E-state index is 0.517. The Balaban J connectivity index is 2.64. The summed E-state index contributed by atoms with van der Waals surface area (Å²) in [6, 6.07) is 9.24. The number of nitrogens with zero attached hydrogens (tertiary/aromatic N) is 4. The SMILES string of the molecule is N#[N+]c1cc2cccnc2c2ncccc12. The minimum Gasteiger partial charge on any atom is -0.254 e. The maximum absolute atomic E-state index is 8.97. The van der Waals surface area contributed by atoms with Gasteiger partial charge in [0.25, 0.3) is 0 Å². The van der Waals surface area contributed by atoms with Gasteiger partial charge in [-0.25, -0.2) is 0 Å². The highest BCUT2D eigenvalue weighted by molar-refractivity contribution is 6.09. The molecule has 0 aliphatic rings. The predicted molar refractivity (Wildman–Crippen MR) is 61.8 cm³/mol. The lowest BCUT2D eigenvalue weighted by Gasteiger charge is -1.98. The van der Waals surface area contributed by atoms with Crippen LogP contribution >= 0.6 is 0 Å². The summed E-state index contributed by atoms with van der Waals surface area (Å²) in [6.45, 7) is 0. The van der Waals surface area contributed by atoms with E-state index in [1.165, 1.54) is 0 Å². The van der Waals surface area contributed by atoms with Crippen LogP contribution < -0.4 is 0 Å². The normalized spacial score (nSPS) is 10.4. The summed E-state index contributed by atoms with van der Waals surface area (Å²) in [5.41, 5.74) is 2.10. The van der Waals surface area contributed by atoms with E-state index in [9.17, 15) is 0 Å². The molecule has 0 spiro atoms. The number of aromatic nitrogens is 2. The maximum Gasteiger partial charge on any atom is 0.395 e. The monoisotopic (exact) mass is 207 g/mol. The van der Waals surface area contributed by atoms with Crippen LogP contribution in [-0.4, -0.2) is 9.97 Å². The number of pyridine rings is 2. The molecule has 4 nitrogen and oxygen atoms in total. The van der Waals surface area contributed by atoms with E-state index >= 15 is 0 Å². The predicted octanol–water partition coefficient (Wildman–Crippen LogP) is 3.27. The third-order valence-corrected chi connectivity index (χ3v) is 2.55. The molecule has 1 aromatic carbocycles. The van der Waals surface area contributed by atoms with Gasteiger partial charge in [-0.05, 0) is 18.2 Å². The number of benzene rings is 1. The lowest BCUT2D eigenvalue weighted by Crippen LogP contribution is -1.84. The largest absolute Gasteiger partial charge is 0.395 e. The van der Waals surface area contributed by atoms with Crippen LogP contribution in [0.1, 0.15) is 0 Å². The van der Waals surface area contributed by atoms with Gasteiger partial charge in [0, 0.05) is 23.8 Å². The zero-order valence-electron chi connectivity index (χ0n) is 8.33. The van der Waals surface area contributed by atoms with Gasteiger partial charge in [-0.1, -0.05) is 6.07 Å². The molecule has 0 bridgehead atoms. The van der Waals surface area contributed by atoms with Crippen molar-refractivity contribution in [1.29, 1.82) is 5.39 Å². The Morgan fingerprint density at radius 1 is 1.00 bits per heavy atom. The first kappa shape index (κ1) is 8.74. The quantitative estimate of drug-likeness (QED) is 0.420. The Labute approximate surface area is 91.2 Å². The molecule has 2 heterocycles. The summed E-state index contributed by atoms with van der Waals surface area (Å²) < 4.78 is 0. The second-order valence-electron chi connectivity index (χ2n) is 3.47. The van der Waals surface area contributed by atoms with Crippen molar-refractivity contribution in [3.63, 3.8) is 0 Å². The van der Waals surface area contributed by atoms with Crippen LogP contribution in [0.3, 0.4) is 0 Å². The molecule has 0 aliphatic heterocycles. The standard InChI is InChI=1S/C12H7N4/c13-16-10-7-8-3-1-5-14-11(8)12-9(10)4-2-6-15-12/h1-7H/q+1. The molecule has 0 N–H and O–H groups in total. The summed E-state index contributed by atoms with van der Waals surface area (Å²) in [5, 5.41) is 10.7. The molecular weight excluding hydrogens is 200 g/mol. The van der Waals surface area contributed by atoms with Gasteiger partial charge in [-0.3, -0.25) is 9.97 Å².